The SMILES string of the molecule is COC(=O)c1ccnc(-c2ccc(OCCCSC)c(C#N)c2)c1. The van der Waals surface area contributed by atoms with Crippen LogP contribution in [-0.4, -0.2) is 36.7 Å². The molecule has 0 atom stereocenters. The predicted molar refractivity (Wildman–Crippen MR) is 94.2 cm³/mol. The Labute approximate surface area is 145 Å². The number of nitriles is 1. The Kier molecular flexibility index (Phi) is 6.64. The zero-order chi connectivity index (χ0) is 17.4. The third kappa shape index (κ3) is 4.49. The number of hydrogen-bond donors (Lipinski definition) is 0. The number of rotatable bonds is 7. The number of aromatic nitrogens is 1. The fraction of sp³-hybridized carbons (Fsp3) is 0.278. The summed E-state index contributed by atoms with van der Waals surface area (Å²) in [5.41, 5.74) is 2.21. The van der Waals surface area contributed by atoms with Gasteiger partial charge in [0, 0.05) is 11.8 Å². The zero-order valence-corrected chi connectivity index (χ0v) is 14.4. The number of ether oxygens (including phenoxy) is 2. The summed E-state index contributed by atoms with van der Waals surface area (Å²) in [7, 11) is 1.33. The van der Waals surface area contributed by atoms with Gasteiger partial charge in [-0.05, 0) is 48.8 Å². The van der Waals surface area contributed by atoms with E-state index in [1.54, 1.807) is 42.2 Å². The van der Waals surface area contributed by atoms with Crippen LogP contribution in [0.5, 0.6) is 5.75 Å². The fourth-order valence-corrected chi connectivity index (χ4v) is 2.53. The maximum atomic E-state index is 11.6. The van der Waals surface area contributed by atoms with Crippen LogP contribution in [0.4, 0.5) is 0 Å². The van der Waals surface area contributed by atoms with Gasteiger partial charge < -0.3 is 9.47 Å². The van der Waals surface area contributed by atoms with Crippen molar-refractivity contribution in [3.05, 3.63) is 47.7 Å². The number of benzene rings is 1. The van der Waals surface area contributed by atoms with Gasteiger partial charge in [-0.15, -0.1) is 0 Å². The normalized spacial score (nSPS) is 10.0. The van der Waals surface area contributed by atoms with Gasteiger partial charge in [0.05, 0.1) is 30.5 Å². The van der Waals surface area contributed by atoms with Crippen LogP contribution in [-0.2, 0) is 4.74 Å². The summed E-state index contributed by atoms with van der Waals surface area (Å²) in [6.45, 7) is 0.574. The second kappa shape index (κ2) is 8.94. The van der Waals surface area contributed by atoms with E-state index < -0.39 is 5.97 Å². The van der Waals surface area contributed by atoms with Gasteiger partial charge in [0.1, 0.15) is 11.8 Å². The summed E-state index contributed by atoms with van der Waals surface area (Å²) in [4.78, 5) is 15.9. The van der Waals surface area contributed by atoms with E-state index in [1.165, 1.54) is 7.11 Å². The first-order chi connectivity index (χ1) is 11.7. The smallest absolute Gasteiger partial charge is 0.337 e. The van der Waals surface area contributed by atoms with E-state index in [4.69, 9.17) is 9.47 Å². The molecule has 5 nitrogen and oxygen atoms in total. The molecule has 1 aromatic carbocycles. The molecule has 0 radical (unpaired) electrons. The van der Waals surface area contributed by atoms with Crippen LogP contribution in [0.2, 0.25) is 0 Å². The summed E-state index contributed by atoms with van der Waals surface area (Å²) in [5, 5.41) is 9.34. The molecule has 0 unspecified atom stereocenters. The molecule has 0 N–H and O–H groups in total. The number of nitrogens with zero attached hydrogens (tertiary/aromatic N) is 2. The summed E-state index contributed by atoms with van der Waals surface area (Å²) in [6, 6.07) is 10.7. The molecule has 0 amide bonds. The molecule has 24 heavy (non-hydrogen) atoms. The molecule has 0 fully saturated rings. The van der Waals surface area contributed by atoms with Crippen LogP contribution < -0.4 is 4.74 Å². The Morgan fingerprint density at radius 3 is 2.88 bits per heavy atom. The highest BCUT2D eigenvalue weighted by Gasteiger charge is 2.10. The molecule has 0 aliphatic rings. The van der Waals surface area contributed by atoms with Gasteiger partial charge in [0.15, 0.2) is 0 Å². The maximum absolute atomic E-state index is 11.6. The van der Waals surface area contributed by atoms with E-state index in [1.807, 2.05) is 12.3 Å². The summed E-state index contributed by atoms with van der Waals surface area (Å²) in [5.74, 6) is 1.16. The number of thioether (sulfide) groups is 1. The first-order valence-electron chi connectivity index (χ1n) is 7.40. The Morgan fingerprint density at radius 1 is 1.33 bits per heavy atom. The van der Waals surface area contributed by atoms with Crippen molar-refractivity contribution in [1.29, 1.82) is 5.26 Å². The van der Waals surface area contributed by atoms with E-state index in [-0.39, 0.29) is 0 Å². The second-order valence-corrected chi connectivity index (χ2v) is 5.92. The van der Waals surface area contributed by atoms with Crippen LogP contribution in [0, 0.1) is 11.3 Å². The number of hydrogen-bond acceptors (Lipinski definition) is 6. The minimum Gasteiger partial charge on any atom is -0.492 e. The van der Waals surface area contributed by atoms with Crippen LogP contribution in [0.15, 0.2) is 36.5 Å². The van der Waals surface area contributed by atoms with Crippen LogP contribution in [0.25, 0.3) is 11.3 Å². The first kappa shape index (κ1) is 17.8. The Hall–Kier alpha value is -2.52. The monoisotopic (exact) mass is 342 g/mol. The van der Waals surface area contributed by atoms with Crippen molar-refractivity contribution in [3.8, 4) is 23.1 Å². The van der Waals surface area contributed by atoms with E-state index >= 15 is 0 Å². The molecule has 0 spiro atoms. The lowest BCUT2D eigenvalue weighted by Gasteiger charge is -2.09. The van der Waals surface area contributed by atoms with E-state index in [9.17, 15) is 10.1 Å². The first-order valence-corrected chi connectivity index (χ1v) is 8.79. The topological polar surface area (TPSA) is 72.2 Å². The number of carbonyl (C=O) groups excluding carboxylic acids is 1. The number of carbonyl (C=O) groups is 1. The molecular weight excluding hydrogens is 324 g/mol. The average Bonchev–Trinajstić information content (AvgIpc) is 2.64. The lowest BCUT2D eigenvalue weighted by molar-refractivity contribution is 0.0600. The number of pyridine rings is 1. The van der Waals surface area contributed by atoms with Crippen molar-refractivity contribution >= 4 is 17.7 Å². The van der Waals surface area contributed by atoms with Gasteiger partial charge in [-0.1, -0.05) is 0 Å². The molecule has 0 saturated carbocycles. The predicted octanol–water partition coefficient (Wildman–Crippen LogP) is 3.54. The van der Waals surface area contributed by atoms with Crippen LogP contribution in [0.3, 0.4) is 0 Å². The standard InChI is InChI=1S/C18H18N2O3S/c1-22-18(21)14-6-7-20-16(11-14)13-4-5-17(15(10-13)12-19)23-8-3-9-24-2/h4-7,10-11H,3,8-9H2,1-2H3. The highest BCUT2D eigenvalue weighted by molar-refractivity contribution is 7.98. The van der Waals surface area contributed by atoms with E-state index in [0.29, 0.717) is 29.2 Å². The molecule has 6 heteroatoms. The Balaban J connectivity index is 2.23. The lowest BCUT2D eigenvalue weighted by Crippen LogP contribution is -2.02. The third-order valence-corrected chi connectivity index (χ3v) is 4.02. The molecule has 0 aliphatic heterocycles. The Bertz CT molecular complexity index is 756. The van der Waals surface area contributed by atoms with Crippen LogP contribution >= 0.6 is 11.8 Å². The molecule has 0 saturated heterocycles. The molecule has 0 aliphatic carbocycles. The van der Waals surface area contributed by atoms with Crippen molar-refractivity contribution in [2.45, 2.75) is 6.42 Å². The minimum absolute atomic E-state index is 0.415. The van der Waals surface area contributed by atoms with Gasteiger partial charge in [-0.2, -0.15) is 17.0 Å². The zero-order valence-electron chi connectivity index (χ0n) is 13.6. The maximum Gasteiger partial charge on any atom is 0.337 e. The molecule has 1 aromatic heterocycles. The van der Waals surface area contributed by atoms with Crippen molar-refractivity contribution in [2.24, 2.45) is 0 Å². The summed E-state index contributed by atoms with van der Waals surface area (Å²) in [6.07, 6.45) is 4.52. The summed E-state index contributed by atoms with van der Waals surface area (Å²) >= 11 is 1.76. The van der Waals surface area contributed by atoms with Crippen molar-refractivity contribution in [1.82, 2.24) is 4.98 Å². The molecule has 1 heterocycles. The van der Waals surface area contributed by atoms with Crippen molar-refractivity contribution < 1.29 is 14.3 Å². The fourth-order valence-electron chi connectivity index (χ4n) is 2.12. The number of esters is 1. The minimum atomic E-state index is -0.423. The van der Waals surface area contributed by atoms with Crippen LogP contribution in [0.1, 0.15) is 22.3 Å². The molecular formula is C18H18N2O3S. The van der Waals surface area contributed by atoms with Crippen molar-refractivity contribution in [3.63, 3.8) is 0 Å². The van der Waals surface area contributed by atoms with Gasteiger partial charge in [0.25, 0.3) is 0 Å². The van der Waals surface area contributed by atoms with Gasteiger partial charge in [0.2, 0.25) is 0 Å². The van der Waals surface area contributed by atoms with E-state index in [2.05, 4.69) is 11.1 Å². The Morgan fingerprint density at radius 2 is 2.17 bits per heavy atom. The lowest BCUT2D eigenvalue weighted by atomic mass is 10.1. The average molecular weight is 342 g/mol. The molecule has 0 bridgehead atoms. The van der Waals surface area contributed by atoms with Crippen molar-refractivity contribution in [2.75, 3.05) is 25.7 Å². The van der Waals surface area contributed by atoms with Gasteiger partial charge >= 0.3 is 5.97 Å². The highest BCUT2D eigenvalue weighted by atomic mass is 32.2. The third-order valence-electron chi connectivity index (χ3n) is 3.33. The molecule has 2 rings (SSSR count). The largest absolute Gasteiger partial charge is 0.492 e. The highest BCUT2D eigenvalue weighted by Crippen LogP contribution is 2.26. The quantitative estimate of drug-likeness (QED) is 0.566. The van der Waals surface area contributed by atoms with Gasteiger partial charge in [-0.25, -0.2) is 4.79 Å². The van der Waals surface area contributed by atoms with E-state index in [0.717, 1.165) is 17.7 Å². The van der Waals surface area contributed by atoms with Gasteiger partial charge in [-0.3, -0.25) is 4.98 Å². The molecule has 124 valence electrons. The second-order valence-electron chi connectivity index (χ2n) is 4.94. The number of methoxy groups -OCH3 is 1. The molecule has 2 aromatic rings. The summed E-state index contributed by atoms with van der Waals surface area (Å²) < 4.78 is 10.4.